The van der Waals surface area contributed by atoms with Crippen LogP contribution in [0.3, 0.4) is 0 Å². The van der Waals surface area contributed by atoms with Crippen molar-refractivity contribution >= 4 is 29.0 Å². The maximum absolute atomic E-state index is 12.6. The van der Waals surface area contributed by atoms with Crippen LogP contribution in [0.1, 0.15) is 37.0 Å². The highest BCUT2D eigenvalue weighted by Gasteiger charge is 2.37. The Morgan fingerprint density at radius 1 is 1.22 bits per heavy atom. The molecular formula is C14H17Cl2NO. The lowest BCUT2D eigenvalue weighted by molar-refractivity contribution is 0.0703. The Bertz CT molecular complexity index is 465. The van der Waals surface area contributed by atoms with E-state index in [0.717, 1.165) is 25.9 Å². The Hall–Kier alpha value is -0.570. The number of carbonyl (C=O) groups excluding carboxylic acids is 1. The third kappa shape index (κ3) is 2.42. The highest BCUT2D eigenvalue weighted by Crippen LogP contribution is 2.31. The molecule has 0 spiro atoms. The molecule has 18 heavy (non-hydrogen) atoms. The van der Waals surface area contributed by atoms with Crippen molar-refractivity contribution < 1.29 is 4.79 Å². The number of likely N-dealkylation sites (tertiary alicyclic amines) is 1. The summed E-state index contributed by atoms with van der Waals surface area (Å²) in [6, 6.07) is 5.21. The molecule has 1 fully saturated rings. The molecule has 0 aliphatic carbocycles. The predicted molar refractivity (Wildman–Crippen MR) is 75.7 cm³/mol. The molecule has 4 heteroatoms. The third-order valence-electron chi connectivity index (χ3n) is 3.65. The minimum absolute atomic E-state index is 0.0388. The monoisotopic (exact) mass is 285 g/mol. The third-order valence-corrected chi connectivity index (χ3v) is 4.47. The first kappa shape index (κ1) is 13.9. The molecule has 0 aromatic heterocycles. The normalized spacial score (nSPS) is 17.1. The topological polar surface area (TPSA) is 20.3 Å². The molecule has 0 radical (unpaired) electrons. The molecule has 1 heterocycles. The Balaban J connectivity index is 2.32. The second-order valence-corrected chi connectivity index (χ2v) is 5.97. The first-order valence-electron chi connectivity index (χ1n) is 6.18. The van der Waals surface area contributed by atoms with Gasteiger partial charge < -0.3 is 0 Å². The molecule has 1 aromatic carbocycles. The van der Waals surface area contributed by atoms with E-state index in [-0.39, 0.29) is 5.78 Å². The van der Waals surface area contributed by atoms with E-state index in [1.165, 1.54) is 0 Å². The van der Waals surface area contributed by atoms with E-state index in [0.29, 0.717) is 15.6 Å². The molecule has 98 valence electrons. The van der Waals surface area contributed by atoms with Gasteiger partial charge in [-0.2, -0.15) is 0 Å². The zero-order valence-corrected chi connectivity index (χ0v) is 12.2. The fourth-order valence-corrected chi connectivity index (χ4v) is 2.81. The van der Waals surface area contributed by atoms with Gasteiger partial charge in [-0.3, -0.25) is 9.69 Å². The van der Waals surface area contributed by atoms with Crippen LogP contribution in [0.5, 0.6) is 0 Å². The summed E-state index contributed by atoms with van der Waals surface area (Å²) in [5, 5.41) is 0.788. The van der Waals surface area contributed by atoms with E-state index in [1.54, 1.807) is 18.2 Å². The Labute approximate surface area is 118 Å². The second kappa shape index (κ2) is 5.20. The van der Waals surface area contributed by atoms with Crippen molar-refractivity contribution in [3.63, 3.8) is 0 Å². The summed E-state index contributed by atoms with van der Waals surface area (Å²) >= 11 is 12.1. The molecule has 0 saturated carbocycles. The van der Waals surface area contributed by atoms with Crippen LogP contribution in [0.25, 0.3) is 0 Å². The van der Waals surface area contributed by atoms with E-state index in [9.17, 15) is 4.79 Å². The quantitative estimate of drug-likeness (QED) is 0.781. The average Bonchev–Trinajstić information content (AvgIpc) is 2.86. The van der Waals surface area contributed by atoms with Gasteiger partial charge >= 0.3 is 0 Å². The number of Topliss-reactive ketones (excluding diaryl/α,β-unsaturated/α-hetero) is 1. The fraction of sp³-hybridized carbons (Fsp3) is 0.500. The molecule has 1 saturated heterocycles. The molecular weight excluding hydrogens is 269 g/mol. The Morgan fingerprint density at radius 3 is 2.44 bits per heavy atom. The number of rotatable bonds is 3. The summed E-state index contributed by atoms with van der Waals surface area (Å²) in [6.07, 6.45) is 2.31. The second-order valence-electron chi connectivity index (χ2n) is 5.18. The summed E-state index contributed by atoms with van der Waals surface area (Å²) in [4.78, 5) is 14.9. The van der Waals surface area contributed by atoms with Crippen molar-refractivity contribution in [3.05, 3.63) is 33.8 Å². The zero-order valence-electron chi connectivity index (χ0n) is 10.7. The lowest BCUT2D eigenvalue weighted by atomic mass is 9.91. The van der Waals surface area contributed by atoms with Gasteiger partial charge in [0.2, 0.25) is 0 Å². The first-order chi connectivity index (χ1) is 8.44. The van der Waals surface area contributed by atoms with Gasteiger partial charge in [0.15, 0.2) is 5.78 Å². The van der Waals surface area contributed by atoms with E-state index in [1.807, 2.05) is 13.8 Å². The molecule has 0 bridgehead atoms. The summed E-state index contributed by atoms with van der Waals surface area (Å²) < 4.78 is 0. The van der Waals surface area contributed by atoms with E-state index < -0.39 is 5.54 Å². The van der Waals surface area contributed by atoms with Gasteiger partial charge in [0.1, 0.15) is 0 Å². The van der Waals surface area contributed by atoms with Gasteiger partial charge in [-0.15, -0.1) is 0 Å². The first-order valence-corrected chi connectivity index (χ1v) is 6.94. The molecule has 1 aliphatic rings. The number of hydrogen-bond donors (Lipinski definition) is 0. The summed E-state index contributed by atoms with van der Waals surface area (Å²) in [6.45, 7) is 5.85. The van der Waals surface area contributed by atoms with Crippen molar-refractivity contribution in [3.8, 4) is 0 Å². The molecule has 1 aliphatic heterocycles. The summed E-state index contributed by atoms with van der Waals surface area (Å²) in [7, 11) is 0. The van der Waals surface area contributed by atoms with E-state index >= 15 is 0 Å². The maximum atomic E-state index is 12.6. The van der Waals surface area contributed by atoms with Crippen molar-refractivity contribution in [2.75, 3.05) is 13.1 Å². The SMILES string of the molecule is CC(C)(C(=O)c1cccc(Cl)c1Cl)N1CCCC1. The van der Waals surface area contributed by atoms with Gasteiger partial charge in [-0.05, 0) is 51.9 Å². The van der Waals surface area contributed by atoms with Gasteiger partial charge in [-0.25, -0.2) is 0 Å². The fourth-order valence-electron chi connectivity index (χ4n) is 2.43. The minimum atomic E-state index is -0.523. The lowest BCUT2D eigenvalue weighted by Crippen LogP contribution is -2.48. The van der Waals surface area contributed by atoms with Crippen LogP contribution >= 0.6 is 23.2 Å². The van der Waals surface area contributed by atoms with Gasteiger partial charge in [0, 0.05) is 5.56 Å². The van der Waals surface area contributed by atoms with Crippen LogP contribution in [0, 0.1) is 0 Å². The Morgan fingerprint density at radius 2 is 1.83 bits per heavy atom. The number of nitrogens with zero attached hydrogens (tertiary/aromatic N) is 1. The molecule has 0 amide bonds. The van der Waals surface area contributed by atoms with Gasteiger partial charge in [0.25, 0.3) is 0 Å². The van der Waals surface area contributed by atoms with Crippen molar-refractivity contribution in [1.82, 2.24) is 4.90 Å². The van der Waals surface area contributed by atoms with E-state index in [2.05, 4.69) is 4.90 Å². The van der Waals surface area contributed by atoms with Crippen LogP contribution in [-0.2, 0) is 0 Å². The largest absolute Gasteiger partial charge is 0.292 e. The van der Waals surface area contributed by atoms with Gasteiger partial charge in [-0.1, -0.05) is 29.3 Å². The molecule has 1 aromatic rings. The Kier molecular flexibility index (Phi) is 4.00. The molecule has 2 nitrogen and oxygen atoms in total. The van der Waals surface area contributed by atoms with E-state index in [4.69, 9.17) is 23.2 Å². The maximum Gasteiger partial charge on any atom is 0.184 e. The van der Waals surface area contributed by atoms with Crippen LogP contribution in [0.2, 0.25) is 10.0 Å². The number of carbonyl (C=O) groups is 1. The average molecular weight is 286 g/mol. The van der Waals surface area contributed by atoms with Crippen molar-refractivity contribution in [1.29, 1.82) is 0 Å². The smallest absolute Gasteiger partial charge is 0.184 e. The highest BCUT2D eigenvalue weighted by atomic mass is 35.5. The van der Waals surface area contributed by atoms with Crippen molar-refractivity contribution in [2.45, 2.75) is 32.2 Å². The molecule has 0 unspecified atom stereocenters. The zero-order chi connectivity index (χ0) is 13.3. The lowest BCUT2D eigenvalue weighted by Gasteiger charge is -2.34. The highest BCUT2D eigenvalue weighted by molar-refractivity contribution is 6.44. The van der Waals surface area contributed by atoms with Crippen LogP contribution in [-0.4, -0.2) is 29.3 Å². The summed E-state index contributed by atoms with van der Waals surface area (Å²) in [5.74, 6) is 0.0388. The van der Waals surface area contributed by atoms with Crippen LogP contribution in [0.15, 0.2) is 18.2 Å². The number of ketones is 1. The summed E-state index contributed by atoms with van der Waals surface area (Å²) in [5.41, 5.74) is -0.00812. The van der Waals surface area contributed by atoms with Crippen LogP contribution < -0.4 is 0 Å². The van der Waals surface area contributed by atoms with Crippen LogP contribution in [0.4, 0.5) is 0 Å². The molecule has 0 N–H and O–H groups in total. The molecule has 2 rings (SSSR count). The number of hydrogen-bond acceptors (Lipinski definition) is 2. The predicted octanol–water partition coefficient (Wildman–Crippen LogP) is 4.05. The standard InChI is InChI=1S/C14H17Cl2NO/c1-14(2,17-8-3-4-9-17)13(18)10-6-5-7-11(15)12(10)16/h5-7H,3-4,8-9H2,1-2H3. The van der Waals surface area contributed by atoms with Crippen molar-refractivity contribution in [2.24, 2.45) is 0 Å². The minimum Gasteiger partial charge on any atom is -0.292 e. The number of benzene rings is 1. The number of halogens is 2. The van der Waals surface area contributed by atoms with Gasteiger partial charge in [0.05, 0.1) is 15.6 Å². The molecule has 0 atom stereocenters.